The minimum absolute atomic E-state index is 0.0919. The number of benzene rings is 1. The number of hydrogen-bond acceptors (Lipinski definition) is 8. The number of nitrogens with two attached hydrogens (primary N) is 1. The smallest absolute Gasteiger partial charge is 0.257 e. The second kappa shape index (κ2) is 7.04. The van der Waals surface area contributed by atoms with Gasteiger partial charge in [-0.2, -0.15) is 15.5 Å². The maximum Gasteiger partial charge on any atom is 0.257 e. The van der Waals surface area contributed by atoms with E-state index in [-0.39, 0.29) is 22.2 Å². The van der Waals surface area contributed by atoms with E-state index in [1.807, 2.05) is 49.4 Å². The molecule has 8 heteroatoms. The quantitative estimate of drug-likeness (QED) is 0.712. The summed E-state index contributed by atoms with van der Waals surface area (Å²) in [6.45, 7) is 1.88. The van der Waals surface area contributed by atoms with E-state index >= 15 is 0 Å². The number of anilines is 1. The fraction of sp³-hybridized carbons (Fsp3) is 0.118. The van der Waals surface area contributed by atoms with Crippen molar-refractivity contribution in [2.75, 3.05) is 5.73 Å². The number of pyridine rings is 1. The highest BCUT2D eigenvalue weighted by Gasteiger charge is 2.19. The van der Waals surface area contributed by atoms with Crippen molar-refractivity contribution in [1.82, 2.24) is 15.1 Å². The van der Waals surface area contributed by atoms with Gasteiger partial charge < -0.3 is 10.3 Å². The molecule has 2 heterocycles. The lowest BCUT2D eigenvalue weighted by Crippen LogP contribution is -2.00. The standard InChI is InChI=1S/C17H12N6OS/c1-10(15-22-16(24-23-15)11-5-3-2-4-6-11)25-17-13(9-19)7-12(8-18)14(20)21-17/h2-7,10H,1H3,(H2,20,21)/t10-/m0/s1. The van der Waals surface area contributed by atoms with Crippen molar-refractivity contribution in [3.8, 4) is 23.6 Å². The maximum atomic E-state index is 9.26. The molecule has 0 saturated carbocycles. The second-order valence-electron chi connectivity index (χ2n) is 5.08. The largest absolute Gasteiger partial charge is 0.383 e. The van der Waals surface area contributed by atoms with E-state index < -0.39 is 0 Å². The molecule has 0 saturated heterocycles. The number of nitrogens with zero attached hydrogens (tertiary/aromatic N) is 5. The number of rotatable bonds is 4. The molecule has 0 radical (unpaired) electrons. The normalized spacial score (nSPS) is 11.5. The second-order valence-corrected chi connectivity index (χ2v) is 6.41. The predicted molar refractivity (Wildman–Crippen MR) is 92.1 cm³/mol. The molecule has 7 nitrogen and oxygen atoms in total. The van der Waals surface area contributed by atoms with Crippen LogP contribution in [0, 0.1) is 22.7 Å². The molecule has 0 aliphatic carbocycles. The molecule has 2 N–H and O–H groups in total. The van der Waals surface area contributed by atoms with Gasteiger partial charge in [-0.05, 0) is 25.1 Å². The fourth-order valence-electron chi connectivity index (χ4n) is 2.09. The molecule has 0 fully saturated rings. The first-order chi connectivity index (χ1) is 12.1. The van der Waals surface area contributed by atoms with Crippen LogP contribution in [0.15, 0.2) is 45.9 Å². The molecule has 0 spiro atoms. The van der Waals surface area contributed by atoms with Crippen LogP contribution in [0.2, 0.25) is 0 Å². The van der Waals surface area contributed by atoms with Crippen molar-refractivity contribution in [2.45, 2.75) is 17.2 Å². The summed E-state index contributed by atoms with van der Waals surface area (Å²) in [5.74, 6) is 1.00. The lowest BCUT2D eigenvalue weighted by atomic mass is 10.2. The molecule has 0 aliphatic heterocycles. The Labute approximate surface area is 148 Å². The summed E-state index contributed by atoms with van der Waals surface area (Å²) in [7, 11) is 0. The van der Waals surface area contributed by atoms with Gasteiger partial charge in [-0.15, -0.1) is 0 Å². The van der Waals surface area contributed by atoms with Crippen LogP contribution < -0.4 is 5.73 Å². The van der Waals surface area contributed by atoms with E-state index in [9.17, 15) is 5.26 Å². The number of hydrogen-bond donors (Lipinski definition) is 1. The molecule has 2 aromatic heterocycles. The third kappa shape index (κ3) is 3.44. The highest BCUT2D eigenvalue weighted by molar-refractivity contribution is 7.99. The zero-order chi connectivity index (χ0) is 17.8. The van der Waals surface area contributed by atoms with Crippen LogP contribution in [0.5, 0.6) is 0 Å². The number of nitrogen functional groups attached to an aromatic ring is 1. The average molecular weight is 348 g/mol. The molecule has 25 heavy (non-hydrogen) atoms. The first-order valence-electron chi connectivity index (χ1n) is 7.28. The van der Waals surface area contributed by atoms with E-state index in [4.69, 9.17) is 15.5 Å². The van der Waals surface area contributed by atoms with Crippen LogP contribution in [-0.2, 0) is 0 Å². The molecule has 0 unspecified atom stereocenters. The summed E-state index contributed by atoms with van der Waals surface area (Å²) in [6.07, 6.45) is 0. The van der Waals surface area contributed by atoms with Crippen LogP contribution in [0.1, 0.15) is 29.1 Å². The summed E-state index contributed by atoms with van der Waals surface area (Å²) >= 11 is 1.28. The first-order valence-corrected chi connectivity index (χ1v) is 8.16. The van der Waals surface area contributed by atoms with Gasteiger partial charge in [0.05, 0.1) is 16.4 Å². The van der Waals surface area contributed by atoms with Crippen LogP contribution in [-0.4, -0.2) is 15.1 Å². The van der Waals surface area contributed by atoms with Crippen molar-refractivity contribution in [3.05, 3.63) is 53.3 Å². The van der Waals surface area contributed by atoms with Gasteiger partial charge in [0.25, 0.3) is 5.89 Å². The number of nitriles is 2. The highest BCUT2D eigenvalue weighted by atomic mass is 32.2. The molecule has 3 rings (SSSR count). The Kier molecular flexibility index (Phi) is 4.64. The van der Waals surface area contributed by atoms with E-state index in [1.54, 1.807) is 0 Å². The minimum atomic E-state index is -0.215. The fourth-order valence-corrected chi connectivity index (χ4v) is 3.01. The summed E-state index contributed by atoms with van der Waals surface area (Å²) < 4.78 is 5.30. The van der Waals surface area contributed by atoms with E-state index in [0.29, 0.717) is 16.7 Å². The van der Waals surface area contributed by atoms with Crippen molar-refractivity contribution in [2.24, 2.45) is 0 Å². The summed E-state index contributed by atoms with van der Waals surface area (Å²) in [4.78, 5) is 8.55. The van der Waals surface area contributed by atoms with Crippen molar-refractivity contribution >= 4 is 17.6 Å². The molecule has 0 amide bonds. The summed E-state index contributed by atoms with van der Waals surface area (Å²) in [5.41, 5.74) is 7.04. The molecular weight excluding hydrogens is 336 g/mol. The molecular formula is C17H12N6OS. The zero-order valence-electron chi connectivity index (χ0n) is 13.2. The topological polar surface area (TPSA) is 125 Å². The van der Waals surface area contributed by atoms with E-state index in [0.717, 1.165) is 5.56 Å². The van der Waals surface area contributed by atoms with Crippen LogP contribution in [0.3, 0.4) is 0 Å². The van der Waals surface area contributed by atoms with Gasteiger partial charge in [-0.3, -0.25) is 0 Å². The molecule has 1 atom stereocenters. The lowest BCUT2D eigenvalue weighted by Gasteiger charge is -2.08. The van der Waals surface area contributed by atoms with Gasteiger partial charge in [0.2, 0.25) is 0 Å². The number of thioether (sulfide) groups is 1. The zero-order valence-corrected chi connectivity index (χ0v) is 14.0. The van der Waals surface area contributed by atoms with Gasteiger partial charge in [0, 0.05) is 5.56 Å². The van der Waals surface area contributed by atoms with Gasteiger partial charge >= 0.3 is 0 Å². The Morgan fingerprint density at radius 2 is 1.84 bits per heavy atom. The Morgan fingerprint density at radius 3 is 2.52 bits per heavy atom. The van der Waals surface area contributed by atoms with E-state index in [1.165, 1.54) is 17.8 Å². The molecule has 0 aliphatic rings. The van der Waals surface area contributed by atoms with Crippen LogP contribution >= 0.6 is 11.8 Å². The van der Waals surface area contributed by atoms with Gasteiger partial charge in [0.15, 0.2) is 5.82 Å². The third-order valence-corrected chi connectivity index (χ3v) is 4.47. The first kappa shape index (κ1) is 16.5. The van der Waals surface area contributed by atoms with Crippen molar-refractivity contribution < 1.29 is 4.52 Å². The SMILES string of the molecule is C[C@H](Sc1nc(N)c(C#N)cc1C#N)c1noc(-c2ccccc2)n1. The Hall–Kier alpha value is -3.36. The Bertz CT molecular complexity index is 987. The summed E-state index contributed by atoms with van der Waals surface area (Å²) in [5, 5.41) is 22.5. The van der Waals surface area contributed by atoms with Crippen LogP contribution in [0.25, 0.3) is 11.5 Å². The predicted octanol–water partition coefficient (Wildman–Crippen LogP) is 3.31. The summed E-state index contributed by atoms with van der Waals surface area (Å²) in [6, 6.07) is 14.8. The Morgan fingerprint density at radius 1 is 1.12 bits per heavy atom. The maximum absolute atomic E-state index is 9.26. The molecule has 1 aromatic carbocycles. The van der Waals surface area contributed by atoms with Gasteiger partial charge in [-0.25, -0.2) is 4.98 Å². The van der Waals surface area contributed by atoms with Crippen LogP contribution in [0.4, 0.5) is 5.82 Å². The van der Waals surface area contributed by atoms with Crippen molar-refractivity contribution in [1.29, 1.82) is 10.5 Å². The minimum Gasteiger partial charge on any atom is -0.383 e. The molecule has 122 valence electrons. The molecule has 0 bridgehead atoms. The third-order valence-electron chi connectivity index (χ3n) is 3.37. The van der Waals surface area contributed by atoms with Crippen molar-refractivity contribution in [3.63, 3.8) is 0 Å². The van der Waals surface area contributed by atoms with E-state index in [2.05, 4.69) is 15.1 Å². The van der Waals surface area contributed by atoms with Gasteiger partial charge in [0.1, 0.15) is 23.0 Å². The monoisotopic (exact) mass is 348 g/mol. The molecule has 3 aromatic rings. The Balaban J connectivity index is 1.85. The average Bonchev–Trinajstić information content (AvgIpc) is 3.13. The highest BCUT2D eigenvalue weighted by Crippen LogP contribution is 2.35. The lowest BCUT2D eigenvalue weighted by molar-refractivity contribution is 0.423. The number of aromatic nitrogens is 3. The van der Waals surface area contributed by atoms with Gasteiger partial charge in [-0.1, -0.05) is 35.1 Å².